The predicted octanol–water partition coefficient (Wildman–Crippen LogP) is 1.35. The van der Waals surface area contributed by atoms with Crippen LogP contribution in [0, 0.1) is 5.92 Å². The van der Waals surface area contributed by atoms with E-state index in [1.807, 2.05) is 0 Å². The molecule has 5 heteroatoms. The molecule has 0 atom stereocenters. The third-order valence-electron chi connectivity index (χ3n) is 2.98. The molecule has 0 saturated heterocycles. The predicted molar refractivity (Wildman–Crippen MR) is 59.9 cm³/mol. The van der Waals surface area contributed by atoms with Crippen molar-refractivity contribution in [2.24, 2.45) is 13.0 Å². The molecule has 1 heterocycles. The van der Waals surface area contributed by atoms with E-state index in [9.17, 15) is 4.79 Å². The van der Waals surface area contributed by atoms with E-state index in [1.54, 1.807) is 13.2 Å². The normalized spacial score (nSPS) is 16.6. The van der Waals surface area contributed by atoms with Gasteiger partial charge in [-0.1, -0.05) is 12.8 Å². The average molecular weight is 223 g/mol. The first-order valence-corrected chi connectivity index (χ1v) is 5.63. The van der Waals surface area contributed by atoms with Gasteiger partial charge in [0, 0.05) is 13.2 Å². The van der Waals surface area contributed by atoms with Crippen LogP contribution in [0.1, 0.15) is 36.2 Å². The Bertz CT molecular complexity index is 381. The highest BCUT2D eigenvalue weighted by Crippen LogP contribution is 2.25. The number of nitrogens with two attached hydrogens (primary N) is 1. The van der Waals surface area contributed by atoms with Gasteiger partial charge in [0.2, 0.25) is 0 Å². The van der Waals surface area contributed by atoms with Crippen LogP contribution in [-0.2, 0) is 11.8 Å². The van der Waals surface area contributed by atoms with Gasteiger partial charge in [0.25, 0.3) is 0 Å². The number of carbonyl (C=O) groups is 1. The van der Waals surface area contributed by atoms with E-state index in [0.29, 0.717) is 18.2 Å². The third-order valence-corrected chi connectivity index (χ3v) is 2.98. The molecular formula is C11H17N3O2. The monoisotopic (exact) mass is 223 g/mol. The Hall–Kier alpha value is -1.52. The van der Waals surface area contributed by atoms with Crippen LogP contribution in [0.2, 0.25) is 0 Å². The number of aromatic nitrogens is 2. The van der Waals surface area contributed by atoms with Gasteiger partial charge in [-0.15, -0.1) is 0 Å². The lowest BCUT2D eigenvalue weighted by Crippen LogP contribution is -2.14. The summed E-state index contributed by atoms with van der Waals surface area (Å²) < 4.78 is 6.73. The number of ether oxygens (including phenoxy) is 1. The maximum absolute atomic E-state index is 11.7. The van der Waals surface area contributed by atoms with Crippen LogP contribution < -0.4 is 5.73 Å². The van der Waals surface area contributed by atoms with Crippen LogP contribution in [0.15, 0.2) is 6.20 Å². The second kappa shape index (κ2) is 4.55. The van der Waals surface area contributed by atoms with Crippen molar-refractivity contribution in [3.8, 4) is 0 Å². The second-order valence-corrected chi connectivity index (χ2v) is 4.36. The van der Waals surface area contributed by atoms with Gasteiger partial charge in [-0.25, -0.2) is 4.79 Å². The van der Waals surface area contributed by atoms with Gasteiger partial charge >= 0.3 is 5.97 Å². The number of hydrogen-bond donors (Lipinski definition) is 1. The lowest BCUT2D eigenvalue weighted by molar-refractivity contribution is 0.0436. The summed E-state index contributed by atoms with van der Waals surface area (Å²) in [5.41, 5.74) is 6.24. The van der Waals surface area contributed by atoms with Crippen molar-refractivity contribution in [2.45, 2.75) is 25.7 Å². The first-order chi connectivity index (χ1) is 7.66. The Kier molecular flexibility index (Phi) is 3.12. The standard InChI is InChI=1S/C11H17N3O2/c1-14-6-9(12)10(13-14)11(15)16-7-8-4-2-3-5-8/h6,8H,2-5,7,12H2,1H3. The number of rotatable bonds is 3. The molecule has 2 N–H and O–H groups in total. The van der Waals surface area contributed by atoms with Crippen LogP contribution in [-0.4, -0.2) is 22.4 Å². The average Bonchev–Trinajstić information content (AvgIpc) is 2.84. The van der Waals surface area contributed by atoms with Crippen molar-refractivity contribution in [3.05, 3.63) is 11.9 Å². The second-order valence-electron chi connectivity index (χ2n) is 4.36. The number of esters is 1. The number of aryl methyl sites for hydroxylation is 1. The van der Waals surface area contributed by atoms with Crippen molar-refractivity contribution in [2.75, 3.05) is 12.3 Å². The molecule has 0 radical (unpaired) electrons. The minimum Gasteiger partial charge on any atom is -0.461 e. The van der Waals surface area contributed by atoms with Crippen LogP contribution in [0.5, 0.6) is 0 Å². The molecule has 0 unspecified atom stereocenters. The zero-order chi connectivity index (χ0) is 11.5. The zero-order valence-electron chi connectivity index (χ0n) is 9.48. The topological polar surface area (TPSA) is 70.1 Å². The lowest BCUT2D eigenvalue weighted by Gasteiger charge is -2.08. The molecule has 0 bridgehead atoms. The smallest absolute Gasteiger partial charge is 0.361 e. The molecule has 88 valence electrons. The van der Waals surface area contributed by atoms with Crippen molar-refractivity contribution in [3.63, 3.8) is 0 Å². The molecule has 1 aromatic heterocycles. The van der Waals surface area contributed by atoms with Crippen molar-refractivity contribution in [1.82, 2.24) is 9.78 Å². The zero-order valence-corrected chi connectivity index (χ0v) is 9.48. The number of nitrogens with zero attached hydrogens (tertiary/aromatic N) is 2. The molecule has 1 aliphatic carbocycles. The van der Waals surface area contributed by atoms with E-state index in [-0.39, 0.29) is 5.69 Å². The van der Waals surface area contributed by atoms with E-state index < -0.39 is 5.97 Å². The summed E-state index contributed by atoms with van der Waals surface area (Å²) in [7, 11) is 1.73. The number of anilines is 1. The van der Waals surface area contributed by atoms with E-state index in [0.717, 1.165) is 12.8 Å². The molecular weight excluding hydrogens is 206 g/mol. The first-order valence-electron chi connectivity index (χ1n) is 5.63. The molecule has 1 saturated carbocycles. The number of carbonyl (C=O) groups excluding carboxylic acids is 1. The molecule has 1 aliphatic rings. The third kappa shape index (κ3) is 2.35. The Morgan fingerprint density at radius 3 is 2.88 bits per heavy atom. The molecule has 5 nitrogen and oxygen atoms in total. The summed E-state index contributed by atoms with van der Waals surface area (Å²) in [6.07, 6.45) is 6.41. The highest BCUT2D eigenvalue weighted by atomic mass is 16.5. The lowest BCUT2D eigenvalue weighted by atomic mass is 10.1. The quantitative estimate of drug-likeness (QED) is 0.785. The molecule has 2 rings (SSSR count). The van der Waals surface area contributed by atoms with Crippen LogP contribution in [0.3, 0.4) is 0 Å². The molecule has 0 amide bonds. The van der Waals surface area contributed by atoms with Crippen LogP contribution in [0.4, 0.5) is 5.69 Å². The summed E-state index contributed by atoms with van der Waals surface area (Å²) in [5.74, 6) is 0.110. The van der Waals surface area contributed by atoms with Gasteiger partial charge in [0.15, 0.2) is 5.69 Å². The highest BCUT2D eigenvalue weighted by molar-refractivity contribution is 5.92. The number of hydrogen-bond acceptors (Lipinski definition) is 4. The van der Waals surface area contributed by atoms with E-state index >= 15 is 0 Å². The summed E-state index contributed by atoms with van der Waals surface area (Å²) >= 11 is 0. The molecule has 0 aromatic carbocycles. The molecule has 16 heavy (non-hydrogen) atoms. The van der Waals surface area contributed by atoms with Gasteiger partial charge in [-0.05, 0) is 18.8 Å². The highest BCUT2D eigenvalue weighted by Gasteiger charge is 2.20. The van der Waals surface area contributed by atoms with E-state index in [4.69, 9.17) is 10.5 Å². The summed E-state index contributed by atoms with van der Waals surface area (Å²) in [5, 5.41) is 3.97. The van der Waals surface area contributed by atoms with Crippen molar-refractivity contribution >= 4 is 11.7 Å². The van der Waals surface area contributed by atoms with Gasteiger partial charge in [0.05, 0.1) is 12.3 Å². The summed E-state index contributed by atoms with van der Waals surface area (Å²) in [4.78, 5) is 11.7. The largest absolute Gasteiger partial charge is 0.461 e. The van der Waals surface area contributed by atoms with Crippen LogP contribution in [0.25, 0.3) is 0 Å². The molecule has 0 spiro atoms. The summed E-state index contributed by atoms with van der Waals surface area (Å²) in [6, 6.07) is 0. The Morgan fingerprint density at radius 1 is 1.62 bits per heavy atom. The van der Waals surface area contributed by atoms with Crippen molar-refractivity contribution < 1.29 is 9.53 Å². The van der Waals surface area contributed by atoms with E-state index in [1.165, 1.54) is 17.5 Å². The Labute approximate surface area is 94.6 Å². The van der Waals surface area contributed by atoms with Crippen LogP contribution >= 0.6 is 0 Å². The minimum absolute atomic E-state index is 0.223. The maximum Gasteiger partial charge on any atom is 0.361 e. The SMILES string of the molecule is Cn1cc(N)c(C(=O)OCC2CCCC2)n1. The van der Waals surface area contributed by atoms with Gasteiger partial charge in [-0.3, -0.25) is 4.68 Å². The molecule has 0 aliphatic heterocycles. The molecule has 1 aromatic rings. The van der Waals surface area contributed by atoms with E-state index in [2.05, 4.69) is 5.10 Å². The van der Waals surface area contributed by atoms with Gasteiger partial charge in [0.1, 0.15) is 0 Å². The fourth-order valence-electron chi connectivity index (χ4n) is 2.10. The van der Waals surface area contributed by atoms with Gasteiger partial charge in [-0.2, -0.15) is 5.10 Å². The number of nitrogen functional groups attached to an aromatic ring is 1. The minimum atomic E-state index is -0.412. The fraction of sp³-hybridized carbons (Fsp3) is 0.636. The van der Waals surface area contributed by atoms with Crippen molar-refractivity contribution in [1.29, 1.82) is 0 Å². The first kappa shape index (κ1) is 11.0. The maximum atomic E-state index is 11.7. The fourth-order valence-corrected chi connectivity index (χ4v) is 2.10. The Morgan fingerprint density at radius 2 is 2.31 bits per heavy atom. The van der Waals surface area contributed by atoms with Gasteiger partial charge < -0.3 is 10.5 Å². The molecule has 1 fully saturated rings. The summed E-state index contributed by atoms with van der Waals surface area (Å²) in [6.45, 7) is 0.495. The Balaban J connectivity index is 1.90.